The molecule has 1 aromatic carbocycles. The summed E-state index contributed by atoms with van der Waals surface area (Å²) < 4.78 is 6.88. The number of thioether (sulfide) groups is 1. The van der Waals surface area contributed by atoms with Crippen molar-refractivity contribution >= 4 is 39.8 Å². The number of benzene rings is 1. The van der Waals surface area contributed by atoms with E-state index in [-0.39, 0.29) is 6.10 Å². The van der Waals surface area contributed by atoms with Gasteiger partial charge in [0.25, 0.3) is 0 Å². The third-order valence-corrected chi connectivity index (χ3v) is 6.22. The first-order valence-corrected chi connectivity index (χ1v) is 10.2. The highest BCUT2D eigenvalue weighted by Crippen LogP contribution is 2.27. The van der Waals surface area contributed by atoms with Gasteiger partial charge in [-0.1, -0.05) is 52.9 Å². The van der Waals surface area contributed by atoms with Crippen LogP contribution in [0.3, 0.4) is 0 Å². The average Bonchev–Trinajstić information content (AvgIpc) is 3.04. The fourth-order valence-electron chi connectivity index (χ4n) is 2.55. The quantitative estimate of drug-likeness (QED) is 0.736. The van der Waals surface area contributed by atoms with E-state index >= 15 is 0 Å². The summed E-state index contributed by atoms with van der Waals surface area (Å²) >= 11 is 9.57. The monoisotopic (exact) mass is 384 g/mol. The number of halogens is 1. The molecule has 24 heavy (non-hydrogen) atoms. The van der Waals surface area contributed by atoms with Crippen LogP contribution in [0.15, 0.2) is 28.6 Å². The van der Waals surface area contributed by atoms with Gasteiger partial charge in [-0.05, 0) is 18.6 Å². The molecule has 1 saturated heterocycles. The van der Waals surface area contributed by atoms with Crippen LogP contribution in [0.4, 0.5) is 5.13 Å². The first-order valence-electron chi connectivity index (χ1n) is 8.02. The molecule has 1 aliphatic heterocycles. The van der Waals surface area contributed by atoms with Crippen LogP contribution in [0.25, 0.3) is 0 Å². The minimum absolute atomic E-state index is 0.206. The molecule has 5 nitrogen and oxygen atoms in total. The van der Waals surface area contributed by atoms with Gasteiger partial charge in [-0.25, -0.2) is 0 Å². The highest BCUT2D eigenvalue weighted by Gasteiger charge is 2.21. The van der Waals surface area contributed by atoms with Crippen LogP contribution in [0.1, 0.15) is 12.5 Å². The van der Waals surface area contributed by atoms with Crippen molar-refractivity contribution < 1.29 is 4.74 Å². The summed E-state index contributed by atoms with van der Waals surface area (Å²) in [6.45, 7) is 6.40. The summed E-state index contributed by atoms with van der Waals surface area (Å²) in [6.07, 6.45) is 0.206. The van der Waals surface area contributed by atoms with E-state index in [0.29, 0.717) is 0 Å². The van der Waals surface area contributed by atoms with Crippen molar-refractivity contribution in [2.24, 2.45) is 0 Å². The Labute approximate surface area is 155 Å². The number of aromatic nitrogens is 2. The van der Waals surface area contributed by atoms with Crippen molar-refractivity contribution in [2.45, 2.75) is 23.9 Å². The normalized spacial score (nSPS) is 18.7. The molecule has 0 saturated carbocycles. The van der Waals surface area contributed by atoms with E-state index in [1.165, 1.54) is 5.56 Å². The fraction of sp³-hybridized carbons (Fsp3) is 0.500. The topological polar surface area (TPSA) is 50.3 Å². The molecule has 0 radical (unpaired) electrons. The van der Waals surface area contributed by atoms with Crippen molar-refractivity contribution in [3.05, 3.63) is 34.9 Å². The number of hydrogen-bond acceptors (Lipinski definition) is 7. The summed E-state index contributed by atoms with van der Waals surface area (Å²) in [6, 6.07) is 8.04. The van der Waals surface area contributed by atoms with Gasteiger partial charge in [0, 0.05) is 37.0 Å². The van der Waals surface area contributed by atoms with Crippen LogP contribution in [0, 0.1) is 0 Å². The number of ether oxygens (including phenoxy) is 1. The molecule has 1 atom stereocenters. The lowest BCUT2D eigenvalue weighted by atomic mass is 10.2. The Hall–Kier alpha value is -0.860. The predicted octanol–water partition coefficient (Wildman–Crippen LogP) is 3.62. The van der Waals surface area contributed by atoms with E-state index in [1.54, 1.807) is 23.1 Å². The van der Waals surface area contributed by atoms with Crippen LogP contribution in [0.2, 0.25) is 5.02 Å². The second kappa shape index (κ2) is 9.01. The van der Waals surface area contributed by atoms with E-state index in [1.807, 2.05) is 18.2 Å². The SMILES string of the molecule is CCNc1nnc(SC[C@H]2CN(Cc3ccccc3Cl)CCO2)s1. The molecule has 130 valence electrons. The van der Waals surface area contributed by atoms with E-state index in [2.05, 4.69) is 33.4 Å². The van der Waals surface area contributed by atoms with Gasteiger partial charge < -0.3 is 10.1 Å². The molecule has 3 rings (SSSR count). The number of morpholine rings is 1. The number of hydrogen-bond donors (Lipinski definition) is 1. The number of anilines is 1. The summed E-state index contributed by atoms with van der Waals surface area (Å²) in [4.78, 5) is 2.40. The maximum atomic E-state index is 6.27. The Morgan fingerprint density at radius 1 is 1.42 bits per heavy atom. The Kier molecular flexibility index (Phi) is 6.74. The summed E-state index contributed by atoms with van der Waals surface area (Å²) in [5, 5.41) is 13.2. The maximum absolute atomic E-state index is 6.27. The van der Waals surface area contributed by atoms with Gasteiger partial charge >= 0.3 is 0 Å². The molecule has 1 N–H and O–H groups in total. The predicted molar refractivity (Wildman–Crippen MR) is 101 cm³/mol. The van der Waals surface area contributed by atoms with Crippen molar-refractivity contribution in [3.63, 3.8) is 0 Å². The van der Waals surface area contributed by atoms with Crippen LogP contribution < -0.4 is 5.32 Å². The summed E-state index contributed by atoms with van der Waals surface area (Å²) in [5.41, 5.74) is 1.17. The van der Waals surface area contributed by atoms with Crippen LogP contribution >= 0.6 is 34.7 Å². The molecule has 0 spiro atoms. The smallest absolute Gasteiger partial charge is 0.206 e. The number of nitrogens with zero attached hydrogens (tertiary/aromatic N) is 3. The number of nitrogens with one attached hydrogen (secondary N) is 1. The zero-order valence-electron chi connectivity index (χ0n) is 13.6. The lowest BCUT2D eigenvalue weighted by molar-refractivity contribution is -0.0187. The van der Waals surface area contributed by atoms with Gasteiger partial charge in [-0.2, -0.15) is 0 Å². The third-order valence-electron chi connectivity index (χ3n) is 3.70. The zero-order chi connectivity index (χ0) is 16.8. The van der Waals surface area contributed by atoms with Gasteiger partial charge in [0.1, 0.15) is 0 Å². The second-order valence-corrected chi connectivity index (χ2v) is 8.19. The molecule has 1 fully saturated rings. The van der Waals surface area contributed by atoms with E-state index in [0.717, 1.165) is 53.0 Å². The molecule has 8 heteroatoms. The van der Waals surface area contributed by atoms with Gasteiger partial charge in [-0.3, -0.25) is 4.90 Å². The van der Waals surface area contributed by atoms with Crippen molar-refractivity contribution in [2.75, 3.05) is 37.3 Å². The van der Waals surface area contributed by atoms with E-state index < -0.39 is 0 Å². The lowest BCUT2D eigenvalue weighted by Gasteiger charge is -2.32. The van der Waals surface area contributed by atoms with Crippen LogP contribution in [-0.2, 0) is 11.3 Å². The largest absolute Gasteiger partial charge is 0.375 e. The molecule has 0 unspecified atom stereocenters. The maximum Gasteiger partial charge on any atom is 0.206 e. The molecule has 2 aromatic rings. The minimum Gasteiger partial charge on any atom is -0.375 e. The van der Waals surface area contributed by atoms with Gasteiger partial charge in [0.05, 0.1) is 12.7 Å². The standard InChI is InChI=1S/C16H21ClN4OS2/c1-2-18-15-19-20-16(24-15)23-11-13-10-21(7-8-22-13)9-12-5-3-4-6-14(12)17/h3-6,13H,2,7-11H2,1H3,(H,18,19)/t13-/m1/s1. The summed E-state index contributed by atoms with van der Waals surface area (Å²) in [7, 11) is 0. The van der Waals surface area contributed by atoms with Crippen molar-refractivity contribution in [1.29, 1.82) is 0 Å². The van der Waals surface area contributed by atoms with Crippen LogP contribution in [0.5, 0.6) is 0 Å². The zero-order valence-corrected chi connectivity index (χ0v) is 16.0. The molecule has 1 aliphatic rings. The van der Waals surface area contributed by atoms with E-state index in [9.17, 15) is 0 Å². The molecule has 0 amide bonds. The third kappa shape index (κ3) is 5.07. The first kappa shape index (κ1) is 17.9. The van der Waals surface area contributed by atoms with Crippen molar-refractivity contribution in [3.8, 4) is 0 Å². The lowest BCUT2D eigenvalue weighted by Crippen LogP contribution is -2.43. The molecular formula is C16H21ClN4OS2. The van der Waals surface area contributed by atoms with Crippen LogP contribution in [-0.4, -0.2) is 53.2 Å². The highest BCUT2D eigenvalue weighted by molar-refractivity contribution is 8.01. The Morgan fingerprint density at radius 2 is 2.29 bits per heavy atom. The Morgan fingerprint density at radius 3 is 3.12 bits per heavy atom. The highest BCUT2D eigenvalue weighted by atomic mass is 35.5. The molecule has 0 aliphatic carbocycles. The first-order chi connectivity index (χ1) is 11.7. The minimum atomic E-state index is 0.206. The van der Waals surface area contributed by atoms with Crippen molar-refractivity contribution in [1.82, 2.24) is 15.1 Å². The number of rotatable bonds is 7. The molecule has 1 aromatic heterocycles. The fourth-order valence-corrected chi connectivity index (χ4v) is 4.59. The second-order valence-electron chi connectivity index (χ2n) is 5.53. The summed E-state index contributed by atoms with van der Waals surface area (Å²) in [5.74, 6) is 0.889. The van der Waals surface area contributed by atoms with Gasteiger partial charge in [0.2, 0.25) is 5.13 Å². The molecule has 0 bridgehead atoms. The van der Waals surface area contributed by atoms with Gasteiger partial charge in [0.15, 0.2) is 4.34 Å². The Balaban J connectivity index is 1.49. The van der Waals surface area contributed by atoms with E-state index in [4.69, 9.17) is 16.3 Å². The average molecular weight is 385 g/mol. The van der Waals surface area contributed by atoms with Gasteiger partial charge in [-0.15, -0.1) is 10.2 Å². The molecule has 2 heterocycles. The Bertz CT molecular complexity index is 655. The molecular weight excluding hydrogens is 364 g/mol.